The van der Waals surface area contributed by atoms with Crippen molar-refractivity contribution in [3.63, 3.8) is 0 Å². The zero-order valence-corrected chi connectivity index (χ0v) is 15.5. The molecular formula is C20H18N4O2S. The van der Waals surface area contributed by atoms with E-state index in [0.29, 0.717) is 0 Å². The Labute approximate surface area is 160 Å². The molecule has 0 unspecified atom stereocenters. The molecule has 0 spiro atoms. The summed E-state index contributed by atoms with van der Waals surface area (Å²) in [5.74, 6) is 0.729. The van der Waals surface area contributed by atoms with Crippen LogP contribution in [-0.2, 0) is 11.2 Å². The lowest BCUT2D eigenvalue weighted by molar-refractivity contribution is -0.115. The van der Waals surface area contributed by atoms with E-state index in [1.54, 1.807) is 18.4 Å². The van der Waals surface area contributed by atoms with Crippen LogP contribution in [0.3, 0.4) is 0 Å². The number of carbonyl (C=O) groups is 1. The zero-order chi connectivity index (χ0) is 18.6. The molecule has 0 aliphatic heterocycles. The van der Waals surface area contributed by atoms with Crippen molar-refractivity contribution in [2.45, 2.75) is 6.42 Å². The van der Waals surface area contributed by atoms with Crippen molar-refractivity contribution in [3.8, 4) is 5.75 Å². The highest BCUT2D eigenvalue weighted by molar-refractivity contribution is 7.15. The Morgan fingerprint density at radius 2 is 1.74 bits per heavy atom. The molecule has 7 heteroatoms. The van der Waals surface area contributed by atoms with Crippen LogP contribution in [0.5, 0.6) is 5.75 Å². The lowest BCUT2D eigenvalue weighted by atomic mass is 10.2. The third kappa shape index (κ3) is 4.09. The number of benzene rings is 2. The van der Waals surface area contributed by atoms with E-state index in [1.165, 1.54) is 0 Å². The summed E-state index contributed by atoms with van der Waals surface area (Å²) in [5, 5.41) is 8.18. The van der Waals surface area contributed by atoms with Crippen molar-refractivity contribution in [1.82, 2.24) is 9.38 Å². The summed E-state index contributed by atoms with van der Waals surface area (Å²) < 4.78 is 7.08. The third-order valence-corrected chi connectivity index (χ3v) is 4.80. The van der Waals surface area contributed by atoms with Crippen molar-refractivity contribution in [3.05, 3.63) is 72.0 Å². The standard InChI is InChI=1S/C20H18N4O2S/c1-26-18-8-6-15(7-9-18)21-14-2-4-16(5-3-14)22-19(25)12-17-13-24-10-11-27-20(24)23-17/h2-11,13,21H,12H2,1H3,(H,22,25). The molecule has 0 aliphatic rings. The number of thiazole rings is 1. The first-order chi connectivity index (χ1) is 13.2. The Bertz CT molecular complexity index is 1020. The lowest BCUT2D eigenvalue weighted by Gasteiger charge is -2.09. The molecule has 2 aromatic carbocycles. The minimum Gasteiger partial charge on any atom is -0.497 e. The Balaban J connectivity index is 1.35. The van der Waals surface area contributed by atoms with Crippen LogP contribution in [0.15, 0.2) is 66.3 Å². The van der Waals surface area contributed by atoms with Gasteiger partial charge in [-0.15, -0.1) is 11.3 Å². The average molecular weight is 378 g/mol. The molecule has 0 radical (unpaired) electrons. The van der Waals surface area contributed by atoms with Crippen LogP contribution in [0.25, 0.3) is 4.96 Å². The molecule has 0 fully saturated rings. The van der Waals surface area contributed by atoms with E-state index in [0.717, 1.165) is 33.5 Å². The van der Waals surface area contributed by atoms with Crippen LogP contribution in [0.1, 0.15) is 5.69 Å². The fourth-order valence-electron chi connectivity index (χ4n) is 2.71. The summed E-state index contributed by atoms with van der Waals surface area (Å²) >= 11 is 1.55. The second-order valence-electron chi connectivity index (χ2n) is 5.98. The predicted molar refractivity (Wildman–Crippen MR) is 108 cm³/mol. The van der Waals surface area contributed by atoms with Gasteiger partial charge >= 0.3 is 0 Å². The highest BCUT2D eigenvalue weighted by Gasteiger charge is 2.09. The van der Waals surface area contributed by atoms with Crippen molar-refractivity contribution in [2.24, 2.45) is 0 Å². The average Bonchev–Trinajstić information content (AvgIpc) is 3.25. The number of amides is 1. The van der Waals surface area contributed by atoms with Gasteiger partial charge in [-0.3, -0.25) is 9.20 Å². The van der Waals surface area contributed by atoms with Gasteiger partial charge in [-0.2, -0.15) is 0 Å². The SMILES string of the molecule is COc1ccc(Nc2ccc(NC(=O)Cc3cn4ccsc4n3)cc2)cc1. The number of hydrogen-bond donors (Lipinski definition) is 2. The van der Waals surface area contributed by atoms with Crippen molar-refractivity contribution < 1.29 is 9.53 Å². The van der Waals surface area contributed by atoms with Gasteiger partial charge in [0, 0.05) is 34.8 Å². The highest BCUT2D eigenvalue weighted by Crippen LogP contribution is 2.21. The predicted octanol–water partition coefficient (Wildman–Crippen LogP) is 4.33. The van der Waals surface area contributed by atoms with Gasteiger partial charge in [-0.05, 0) is 48.5 Å². The molecule has 2 heterocycles. The van der Waals surface area contributed by atoms with Crippen LogP contribution in [-0.4, -0.2) is 22.4 Å². The van der Waals surface area contributed by atoms with Crippen molar-refractivity contribution >= 4 is 39.3 Å². The Kier molecular flexibility index (Phi) is 4.76. The number of aromatic nitrogens is 2. The molecule has 4 rings (SSSR count). The number of rotatable bonds is 6. The van der Waals surface area contributed by atoms with E-state index < -0.39 is 0 Å². The summed E-state index contributed by atoms with van der Waals surface area (Å²) in [5.41, 5.74) is 3.42. The maximum absolute atomic E-state index is 12.2. The van der Waals surface area contributed by atoms with Crippen LogP contribution in [0.4, 0.5) is 17.1 Å². The Morgan fingerprint density at radius 1 is 1.07 bits per heavy atom. The molecule has 0 atom stereocenters. The zero-order valence-electron chi connectivity index (χ0n) is 14.7. The van der Waals surface area contributed by atoms with Crippen LogP contribution < -0.4 is 15.4 Å². The normalized spacial score (nSPS) is 10.7. The molecule has 0 aliphatic carbocycles. The van der Waals surface area contributed by atoms with Crippen molar-refractivity contribution in [1.29, 1.82) is 0 Å². The number of nitrogens with zero attached hydrogens (tertiary/aromatic N) is 2. The summed E-state index contributed by atoms with van der Waals surface area (Å²) in [6.07, 6.45) is 4.07. The maximum Gasteiger partial charge on any atom is 0.230 e. The summed E-state index contributed by atoms with van der Waals surface area (Å²) in [7, 11) is 1.64. The van der Waals surface area contributed by atoms with E-state index in [4.69, 9.17) is 4.74 Å². The van der Waals surface area contributed by atoms with E-state index in [1.807, 2.05) is 70.7 Å². The molecule has 0 saturated carbocycles. The van der Waals surface area contributed by atoms with Crippen LogP contribution in [0.2, 0.25) is 0 Å². The number of imidazole rings is 1. The van der Waals surface area contributed by atoms with Gasteiger partial charge in [-0.1, -0.05) is 0 Å². The first-order valence-electron chi connectivity index (χ1n) is 8.42. The lowest BCUT2D eigenvalue weighted by Crippen LogP contribution is -2.14. The minimum absolute atomic E-state index is 0.0865. The monoisotopic (exact) mass is 378 g/mol. The summed E-state index contributed by atoms with van der Waals surface area (Å²) in [6.45, 7) is 0. The fraction of sp³-hybridized carbons (Fsp3) is 0.100. The smallest absolute Gasteiger partial charge is 0.230 e. The van der Waals surface area contributed by atoms with Gasteiger partial charge in [-0.25, -0.2) is 4.98 Å². The maximum atomic E-state index is 12.2. The van der Waals surface area contributed by atoms with Gasteiger partial charge in [0.05, 0.1) is 19.2 Å². The van der Waals surface area contributed by atoms with Gasteiger partial charge in [0.2, 0.25) is 5.91 Å². The number of anilines is 3. The molecule has 2 N–H and O–H groups in total. The van der Waals surface area contributed by atoms with E-state index in [-0.39, 0.29) is 12.3 Å². The molecular weight excluding hydrogens is 360 g/mol. The van der Waals surface area contributed by atoms with E-state index in [9.17, 15) is 4.79 Å². The van der Waals surface area contributed by atoms with Gasteiger partial charge in [0.1, 0.15) is 5.75 Å². The van der Waals surface area contributed by atoms with Crippen molar-refractivity contribution in [2.75, 3.05) is 17.7 Å². The number of hydrogen-bond acceptors (Lipinski definition) is 5. The molecule has 27 heavy (non-hydrogen) atoms. The minimum atomic E-state index is -0.0865. The summed E-state index contributed by atoms with van der Waals surface area (Å²) in [4.78, 5) is 17.6. The first kappa shape index (κ1) is 17.1. The molecule has 136 valence electrons. The van der Waals surface area contributed by atoms with E-state index >= 15 is 0 Å². The molecule has 0 bridgehead atoms. The number of nitrogens with one attached hydrogen (secondary N) is 2. The third-order valence-electron chi connectivity index (χ3n) is 4.03. The first-order valence-corrected chi connectivity index (χ1v) is 9.30. The summed E-state index contributed by atoms with van der Waals surface area (Å²) in [6, 6.07) is 15.3. The van der Waals surface area contributed by atoms with E-state index in [2.05, 4.69) is 15.6 Å². The second kappa shape index (κ2) is 7.51. The van der Waals surface area contributed by atoms with Crippen LogP contribution >= 0.6 is 11.3 Å². The highest BCUT2D eigenvalue weighted by atomic mass is 32.1. The largest absolute Gasteiger partial charge is 0.497 e. The number of ether oxygens (including phenoxy) is 1. The molecule has 6 nitrogen and oxygen atoms in total. The van der Waals surface area contributed by atoms with Crippen LogP contribution in [0, 0.1) is 0 Å². The van der Waals surface area contributed by atoms with Gasteiger partial charge in [0.25, 0.3) is 0 Å². The molecule has 4 aromatic rings. The number of methoxy groups -OCH3 is 1. The van der Waals surface area contributed by atoms with Gasteiger partial charge < -0.3 is 15.4 Å². The quantitative estimate of drug-likeness (QED) is 0.524. The van der Waals surface area contributed by atoms with Gasteiger partial charge in [0.15, 0.2) is 4.96 Å². The second-order valence-corrected chi connectivity index (χ2v) is 6.85. The Hall–Kier alpha value is -3.32. The number of carbonyl (C=O) groups excluding carboxylic acids is 1. The molecule has 1 amide bonds. The number of fused-ring (bicyclic) bond motifs is 1. The molecule has 2 aromatic heterocycles. The topological polar surface area (TPSA) is 67.7 Å². The molecule has 0 saturated heterocycles. The Morgan fingerprint density at radius 3 is 2.41 bits per heavy atom. The fourth-order valence-corrected chi connectivity index (χ4v) is 3.43.